The second-order valence-electron chi connectivity index (χ2n) is 3.63. The van der Waals surface area contributed by atoms with Gasteiger partial charge in [-0.3, -0.25) is 9.48 Å². The average molecular weight is 230 g/mol. The molecule has 1 aromatic rings. The lowest BCUT2D eigenvalue weighted by Gasteiger charge is -2.08. The number of aromatic nitrogens is 2. The van der Waals surface area contributed by atoms with E-state index in [-0.39, 0.29) is 11.8 Å². The van der Waals surface area contributed by atoms with E-state index < -0.39 is 0 Å². The number of hydrogen-bond acceptors (Lipinski definition) is 2. The molecule has 0 aliphatic carbocycles. The maximum atomic E-state index is 11.3. The van der Waals surface area contributed by atoms with Gasteiger partial charge in [0.2, 0.25) is 5.91 Å². The summed E-state index contributed by atoms with van der Waals surface area (Å²) in [6.07, 6.45) is 3.74. The van der Waals surface area contributed by atoms with Crippen molar-refractivity contribution in [1.82, 2.24) is 15.1 Å². The molecule has 4 nitrogen and oxygen atoms in total. The summed E-state index contributed by atoms with van der Waals surface area (Å²) in [6, 6.07) is 0. The van der Waals surface area contributed by atoms with Crippen molar-refractivity contribution in [3.8, 4) is 0 Å². The van der Waals surface area contributed by atoms with Gasteiger partial charge >= 0.3 is 0 Å². The number of halogens is 1. The maximum Gasteiger partial charge on any atom is 0.224 e. The molecule has 15 heavy (non-hydrogen) atoms. The molecule has 5 heteroatoms. The highest BCUT2D eigenvalue weighted by atomic mass is 35.5. The summed E-state index contributed by atoms with van der Waals surface area (Å²) >= 11 is 5.57. The summed E-state index contributed by atoms with van der Waals surface area (Å²) in [4.78, 5) is 11.3. The van der Waals surface area contributed by atoms with Crippen molar-refractivity contribution >= 4 is 17.5 Å². The van der Waals surface area contributed by atoms with E-state index in [4.69, 9.17) is 11.6 Å². The predicted molar refractivity (Wildman–Crippen MR) is 59.9 cm³/mol. The van der Waals surface area contributed by atoms with Crippen molar-refractivity contribution in [1.29, 1.82) is 0 Å². The van der Waals surface area contributed by atoms with E-state index in [1.54, 1.807) is 17.8 Å². The van der Waals surface area contributed by atoms with Gasteiger partial charge in [-0.15, -0.1) is 11.6 Å². The molecule has 0 aliphatic rings. The molecule has 1 N–H and O–H groups in total. The Morgan fingerprint density at radius 3 is 3.00 bits per heavy atom. The van der Waals surface area contributed by atoms with Gasteiger partial charge in [0.25, 0.3) is 0 Å². The van der Waals surface area contributed by atoms with Gasteiger partial charge in [-0.05, 0) is 12.5 Å². The van der Waals surface area contributed by atoms with Gasteiger partial charge in [-0.1, -0.05) is 6.92 Å². The van der Waals surface area contributed by atoms with Crippen LogP contribution in [0.5, 0.6) is 0 Å². The summed E-state index contributed by atoms with van der Waals surface area (Å²) in [7, 11) is 0. The summed E-state index contributed by atoms with van der Waals surface area (Å²) in [5.41, 5.74) is 1.12. The molecule has 1 heterocycles. The molecule has 0 aromatic carbocycles. The highest BCUT2D eigenvalue weighted by molar-refractivity contribution is 6.19. The quantitative estimate of drug-likeness (QED) is 0.771. The van der Waals surface area contributed by atoms with E-state index >= 15 is 0 Å². The number of nitrogens with one attached hydrogen (secondary N) is 1. The summed E-state index contributed by atoms with van der Waals surface area (Å²) < 4.78 is 1.81. The fourth-order valence-corrected chi connectivity index (χ4v) is 1.27. The zero-order valence-electron chi connectivity index (χ0n) is 9.03. The van der Waals surface area contributed by atoms with Crippen molar-refractivity contribution in [2.45, 2.75) is 20.4 Å². The van der Waals surface area contributed by atoms with Gasteiger partial charge in [0.1, 0.15) is 0 Å². The Hall–Kier alpha value is -1.03. The molecule has 1 amide bonds. The van der Waals surface area contributed by atoms with Crippen LogP contribution in [0.2, 0.25) is 0 Å². The van der Waals surface area contributed by atoms with Crippen LogP contribution < -0.4 is 5.32 Å². The fraction of sp³-hybridized carbons (Fsp3) is 0.600. The molecule has 1 rings (SSSR count). The lowest BCUT2D eigenvalue weighted by atomic mass is 10.2. The second-order valence-corrected chi connectivity index (χ2v) is 3.94. The topological polar surface area (TPSA) is 46.9 Å². The molecule has 0 radical (unpaired) electrons. The molecule has 84 valence electrons. The number of carbonyl (C=O) groups is 1. The molecule has 0 spiro atoms. The minimum absolute atomic E-state index is 0.00567. The van der Waals surface area contributed by atoms with Crippen molar-refractivity contribution < 1.29 is 4.79 Å². The Morgan fingerprint density at radius 1 is 1.73 bits per heavy atom. The molecule has 0 saturated carbocycles. The van der Waals surface area contributed by atoms with Gasteiger partial charge in [0, 0.05) is 24.5 Å². The Morgan fingerprint density at radius 2 is 2.47 bits per heavy atom. The van der Waals surface area contributed by atoms with Gasteiger partial charge < -0.3 is 5.32 Å². The monoisotopic (exact) mass is 229 g/mol. The van der Waals surface area contributed by atoms with Gasteiger partial charge in [-0.2, -0.15) is 5.10 Å². The molecule has 0 saturated heterocycles. The summed E-state index contributed by atoms with van der Waals surface area (Å²) in [6.45, 7) is 5.06. The molecule has 0 aliphatic heterocycles. The Labute approximate surface area is 94.6 Å². The summed E-state index contributed by atoms with van der Waals surface area (Å²) in [5, 5.41) is 6.92. The lowest BCUT2D eigenvalue weighted by Crippen LogP contribution is -2.32. The minimum Gasteiger partial charge on any atom is -0.354 e. The Kier molecular flexibility index (Phi) is 4.62. The molecule has 0 fully saturated rings. The van der Waals surface area contributed by atoms with Crippen LogP contribution in [0, 0.1) is 12.8 Å². The lowest BCUT2D eigenvalue weighted by molar-refractivity contribution is -0.123. The number of amides is 1. The van der Waals surface area contributed by atoms with Crippen LogP contribution in [0.4, 0.5) is 0 Å². The van der Waals surface area contributed by atoms with Gasteiger partial charge in [0.15, 0.2) is 0 Å². The van der Waals surface area contributed by atoms with Crippen LogP contribution in [-0.2, 0) is 11.3 Å². The van der Waals surface area contributed by atoms with E-state index in [1.807, 2.05) is 13.1 Å². The highest BCUT2D eigenvalue weighted by Crippen LogP contribution is 1.97. The van der Waals surface area contributed by atoms with Crippen LogP contribution in [0.25, 0.3) is 0 Å². The minimum atomic E-state index is -0.133. The standard InChI is InChI=1S/C10H16ClN3O/c1-8-6-13-14(7-8)4-3-12-10(15)9(2)5-11/h6-7,9H,3-5H2,1-2H3,(H,12,15). The molecule has 1 aromatic heterocycles. The highest BCUT2D eigenvalue weighted by Gasteiger charge is 2.09. The summed E-state index contributed by atoms with van der Waals surface area (Å²) in [5.74, 6) is 0.215. The molecule has 1 atom stereocenters. The first kappa shape index (κ1) is 12.0. The first-order valence-corrected chi connectivity index (χ1v) is 5.49. The van der Waals surface area contributed by atoms with Gasteiger partial charge in [-0.25, -0.2) is 0 Å². The number of alkyl halides is 1. The second kappa shape index (κ2) is 5.75. The van der Waals surface area contributed by atoms with E-state index in [1.165, 1.54) is 0 Å². The van der Waals surface area contributed by atoms with Crippen LogP contribution >= 0.6 is 11.6 Å². The van der Waals surface area contributed by atoms with Crippen molar-refractivity contribution in [2.75, 3.05) is 12.4 Å². The average Bonchev–Trinajstić information content (AvgIpc) is 2.63. The third-order valence-corrected chi connectivity index (χ3v) is 2.54. The van der Waals surface area contributed by atoms with E-state index in [0.717, 1.165) is 5.56 Å². The van der Waals surface area contributed by atoms with Crippen LogP contribution in [0.15, 0.2) is 12.4 Å². The largest absolute Gasteiger partial charge is 0.354 e. The molecule has 0 bridgehead atoms. The first-order valence-electron chi connectivity index (χ1n) is 4.96. The van der Waals surface area contributed by atoms with E-state index in [0.29, 0.717) is 19.0 Å². The number of rotatable bonds is 5. The Bertz CT molecular complexity index is 324. The SMILES string of the molecule is Cc1cnn(CCNC(=O)C(C)CCl)c1. The van der Waals surface area contributed by atoms with Crippen molar-refractivity contribution in [3.05, 3.63) is 18.0 Å². The van der Waals surface area contributed by atoms with Crippen LogP contribution in [0.3, 0.4) is 0 Å². The Balaban J connectivity index is 2.24. The van der Waals surface area contributed by atoms with Crippen LogP contribution in [-0.4, -0.2) is 28.1 Å². The van der Waals surface area contributed by atoms with Crippen LogP contribution in [0.1, 0.15) is 12.5 Å². The van der Waals surface area contributed by atoms with E-state index in [2.05, 4.69) is 10.4 Å². The first-order chi connectivity index (χ1) is 7.13. The van der Waals surface area contributed by atoms with Crippen molar-refractivity contribution in [2.24, 2.45) is 5.92 Å². The fourth-order valence-electron chi connectivity index (χ4n) is 1.13. The number of hydrogen-bond donors (Lipinski definition) is 1. The zero-order valence-corrected chi connectivity index (χ0v) is 9.79. The maximum absolute atomic E-state index is 11.3. The zero-order chi connectivity index (χ0) is 11.3. The van der Waals surface area contributed by atoms with E-state index in [9.17, 15) is 4.79 Å². The third-order valence-electron chi connectivity index (χ3n) is 2.08. The molecule has 1 unspecified atom stereocenters. The smallest absolute Gasteiger partial charge is 0.224 e. The normalized spacial score (nSPS) is 12.5. The number of carbonyl (C=O) groups excluding carboxylic acids is 1. The third kappa shape index (κ3) is 3.91. The molecular weight excluding hydrogens is 214 g/mol. The molecular formula is C10H16ClN3O. The number of aryl methyl sites for hydroxylation is 1. The number of nitrogens with zero attached hydrogens (tertiary/aromatic N) is 2. The van der Waals surface area contributed by atoms with Crippen molar-refractivity contribution in [3.63, 3.8) is 0 Å². The predicted octanol–water partition coefficient (Wildman–Crippen LogP) is 1.18. The van der Waals surface area contributed by atoms with Gasteiger partial charge in [0.05, 0.1) is 12.7 Å².